The largest absolute Gasteiger partial charge is 0.123 e. The van der Waals surface area contributed by atoms with Gasteiger partial charge in [-0.1, -0.05) is 44.1 Å². The highest BCUT2D eigenvalue weighted by molar-refractivity contribution is 8.03. The summed E-state index contributed by atoms with van der Waals surface area (Å²) in [5, 5.41) is 0.512. The number of allylic oxidation sites excluding steroid dienone is 4. The van der Waals surface area contributed by atoms with Crippen LogP contribution in [0, 0.1) is 18.3 Å². The average molecular weight is 220 g/mol. The van der Waals surface area contributed by atoms with Crippen molar-refractivity contribution >= 4 is 11.8 Å². The van der Waals surface area contributed by atoms with Crippen LogP contribution in [-0.2, 0) is 0 Å². The Bertz CT molecular complexity index is 298. The van der Waals surface area contributed by atoms with Crippen LogP contribution >= 0.6 is 11.8 Å². The van der Waals surface area contributed by atoms with Crippen molar-refractivity contribution in [2.24, 2.45) is 5.92 Å². The molecule has 0 aliphatic heterocycles. The Balaban J connectivity index is 4.43. The van der Waals surface area contributed by atoms with Crippen molar-refractivity contribution in [3.8, 4) is 12.3 Å². The molecular weight excluding hydrogens is 200 g/mol. The molecule has 0 rings (SSSR count). The van der Waals surface area contributed by atoms with E-state index in [0.717, 1.165) is 0 Å². The molecule has 0 saturated carbocycles. The summed E-state index contributed by atoms with van der Waals surface area (Å²) in [4.78, 5) is 1.27. The second-order valence-electron chi connectivity index (χ2n) is 3.78. The van der Waals surface area contributed by atoms with E-state index in [1.165, 1.54) is 10.5 Å². The van der Waals surface area contributed by atoms with Crippen molar-refractivity contribution in [1.82, 2.24) is 0 Å². The molecule has 82 valence electrons. The van der Waals surface area contributed by atoms with Crippen molar-refractivity contribution in [3.63, 3.8) is 0 Å². The Morgan fingerprint density at radius 2 is 2.00 bits per heavy atom. The van der Waals surface area contributed by atoms with E-state index in [2.05, 4.69) is 46.3 Å². The zero-order chi connectivity index (χ0) is 11.8. The van der Waals surface area contributed by atoms with Crippen molar-refractivity contribution in [2.75, 3.05) is 0 Å². The van der Waals surface area contributed by atoms with Gasteiger partial charge in [0.15, 0.2) is 0 Å². The maximum absolute atomic E-state index is 5.18. The summed E-state index contributed by atoms with van der Waals surface area (Å²) in [5.74, 6) is 2.99. The lowest BCUT2D eigenvalue weighted by atomic mass is 10.1. The zero-order valence-corrected chi connectivity index (χ0v) is 10.9. The lowest BCUT2D eigenvalue weighted by Crippen LogP contribution is -2.07. The van der Waals surface area contributed by atoms with Gasteiger partial charge >= 0.3 is 0 Å². The molecule has 0 saturated heterocycles. The summed E-state index contributed by atoms with van der Waals surface area (Å²) >= 11 is 1.85. The zero-order valence-electron chi connectivity index (χ0n) is 10.1. The minimum atomic E-state index is 0.473. The minimum Gasteiger partial charge on any atom is -0.123 e. The number of rotatable bonds is 5. The Hall–Kier alpha value is -0.870. The average Bonchev–Trinajstić information content (AvgIpc) is 2.21. The van der Waals surface area contributed by atoms with Crippen LogP contribution in [0.2, 0.25) is 0 Å². The summed E-state index contributed by atoms with van der Waals surface area (Å²) in [6, 6.07) is 0. The molecule has 0 aliphatic carbocycles. The predicted octanol–water partition coefficient (Wildman–Crippen LogP) is 4.41. The molecule has 2 unspecified atom stereocenters. The number of hydrogen-bond donors (Lipinski definition) is 0. The van der Waals surface area contributed by atoms with E-state index in [-0.39, 0.29) is 0 Å². The number of hydrogen-bond acceptors (Lipinski definition) is 1. The van der Waals surface area contributed by atoms with Crippen LogP contribution in [0.25, 0.3) is 0 Å². The second-order valence-corrected chi connectivity index (χ2v) is 5.20. The molecule has 0 nitrogen and oxygen atoms in total. The molecule has 2 atom stereocenters. The van der Waals surface area contributed by atoms with Crippen molar-refractivity contribution in [1.29, 1.82) is 0 Å². The molecule has 0 N–H and O–H groups in total. The topological polar surface area (TPSA) is 0 Å². The van der Waals surface area contributed by atoms with E-state index in [0.29, 0.717) is 11.2 Å². The fourth-order valence-electron chi connectivity index (χ4n) is 1.04. The van der Waals surface area contributed by atoms with Gasteiger partial charge in [0.2, 0.25) is 0 Å². The van der Waals surface area contributed by atoms with Crippen LogP contribution in [0.3, 0.4) is 0 Å². The fraction of sp³-hybridized carbons (Fsp3) is 0.429. The molecule has 0 aliphatic rings. The highest BCUT2D eigenvalue weighted by Crippen LogP contribution is 2.30. The van der Waals surface area contributed by atoms with Crippen LogP contribution in [0.5, 0.6) is 0 Å². The molecule has 0 aromatic rings. The predicted molar refractivity (Wildman–Crippen MR) is 72.8 cm³/mol. The van der Waals surface area contributed by atoms with E-state index in [1.54, 1.807) is 6.08 Å². The fourth-order valence-corrected chi connectivity index (χ4v) is 2.08. The third-order valence-corrected chi connectivity index (χ3v) is 3.86. The Kier molecular flexibility index (Phi) is 6.99. The van der Waals surface area contributed by atoms with Crippen molar-refractivity contribution in [3.05, 3.63) is 35.3 Å². The maximum atomic E-state index is 5.18. The molecule has 15 heavy (non-hydrogen) atoms. The van der Waals surface area contributed by atoms with Gasteiger partial charge in [-0.05, 0) is 25.8 Å². The van der Waals surface area contributed by atoms with Crippen molar-refractivity contribution in [2.45, 2.75) is 32.9 Å². The highest BCUT2D eigenvalue weighted by Gasteiger charge is 2.11. The number of terminal acetylenes is 1. The van der Waals surface area contributed by atoms with Gasteiger partial charge < -0.3 is 0 Å². The summed E-state index contributed by atoms with van der Waals surface area (Å²) in [6.07, 6.45) is 11.0. The SMILES string of the molecule is C#C/C=C\C(C)C(C)SC(C=C)=C(C)C. The molecule has 0 radical (unpaired) electrons. The standard InChI is InChI=1S/C14H20S/c1-7-9-10-12(5)13(6)15-14(8-2)11(3)4/h1,8-10,12-13H,2H2,3-6H3/b10-9-. The molecule has 0 heterocycles. The normalized spacial score (nSPS) is 14.3. The molecule has 0 bridgehead atoms. The van der Waals surface area contributed by atoms with Crippen molar-refractivity contribution < 1.29 is 0 Å². The first kappa shape index (κ1) is 14.1. The van der Waals surface area contributed by atoms with Gasteiger partial charge in [0.05, 0.1) is 0 Å². The Labute approximate surface area is 98.5 Å². The van der Waals surface area contributed by atoms with Gasteiger partial charge in [-0.3, -0.25) is 0 Å². The van der Waals surface area contributed by atoms with E-state index < -0.39 is 0 Å². The summed E-state index contributed by atoms with van der Waals surface area (Å²) in [7, 11) is 0. The van der Waals surface area contributed by atoms with Gasteiger partial charge in [-0.2, -0.15) is 0 Å². The maximum Gasteiger partial charge on any atom is 0.0126 e. The van der Waals surface area contributed by atoms with Crippen LogP contribution in [0.4, 0.5) is 0 Å². The van der Waals surface area contributed by atoms with Crippen LogP contribution in [-0.4, -0.2) is 5.25 Å². The van der Waals surface area contributed by atoms with Gasteiger partial charge in [0.25, 0.3) is 0 Å². The van der Waals surface area contributed by atoms with Gasteiger partial charge in [-0.25, -0.2) is 0 Å². The monoisotopic (exact) mass is 220 g/mol. The second kappa shape index (κ2) is 7.43. The van der Waals surface area contributed by atoms with Crippen LogP contribution in [0.1, 0.15) is 27.7 Å². The van der Waals surface area contributed by atoms with Crippen LogP contribution < -0.4 is 0 Å². The van der Waals surface area contributed by atoms with Crippen LogP contribution in [0.15, 0.2) is 35.3 Å². The third kappa shape index (κ3) is 5.54. The minimum absolute atomic E-state index is 0.473. The summed E-state index contributed by atoms with van der Waals surface area (Å²) < 4.78 is 0. The van der Waals surface area contributed by atoms with E-state index in [4.69, 9.17) is 6.42 Å². The molecule has 0 aromatic heterocycles. The molecule has 0 fully saturated rings. The van der Waals surface area contributed by atoms with E-state index >= 15 is 0 Å². The smallest absolute Gasteiger partial charge is 0.0126 e. The van der Waals surface area contributed by atoms with Gasteiger partial charge in [-0.15, -0.1) is 18.2 Å². The van der Waals surface area contributed by atoms with E-state index in [9.17, 15) is 0 Å². The lowest BCUT2D eigenvalue weighted by molar-refractivity contribution is 0.718. The lowest BCUT2D eigenvalue weighted by Gasteiger charge is -2.17. The Morgan fingerprint density at radius 1 is 1.40 bits per heavy atom. The third-order valence-electron chi connectivity index (χ3n) is 2.23. The van der Waals surface area contributed by atoms with Gasteiger partial charge in [0.1, 0.15) is 0 Å². The summed E-state index contributed by atoms with van der Waals surface area (Å²) in [5.41, 5.74) is 1.31. The molecule has 0 spiro atoms. The molecule has 1 heteroatoms. The highest BCUT2D eigenvalue weighted by atomic mass is 32.2. The first-order valence-corrected chi connectivity index (χ1v) is 6.00. The summed E-state index contributed by atoms with van der Waals surface area (Å²) in [6.45, 7) is 12.4. The van der Waals surface area contributed by atoms with E-state index in [1.807, 2.05) is 17.8 Å². The molecule has 0 aromatic carbocycles. The van der Waals surface area contributed by atoms with Gasteiger partial charge in [0, 0.05) is 10.2 Å². The molecule has 0 amide bonds. The first-order chi connectivity index (χ1) is 7.02. The first-order valence-electron chi connectivity index (χ1n) is 5.12. The molecular formula is C14H20S. The Morgan fingerprint density at radius 3 is 2.40 bits per heavy atom. The number of thioether (sulfide) groups is 1. The quantitative estimate of drug-likeness (QED) is 0.488.